The summed E-state index contributed by atoms with van der Waals surface area (Å²) in [5.41, 5.74) is 1.96. The maximum absolute atomic E-state index is 12.0. The second kappa shape index (κ2) is 10.6. The summed E-state index contributed by atoms with van der Waals surface area (Å²) < 4.78 is 6.81. The molecular formula is C19H24N6O2S. The molecule has 0 atom stereocenters. The van der Waals surface area contributed by atoms with Crippen LogP contribution in [-0.4, -0.2) is 58.2 Å². The predicted octanol–water partition coefficient (Wildman–Crippen LogP) is 1.93. The van der Waals surface area contributed by atoms with Crippen LogP contribution in [0.4, 0.5) is 5.82 Å². The molecule has 2 N–H and O–H groups in total. The molecule has 0 bridgehead atoms. The molecule has 1 amide bonds. The SMILES string of the molecule is COCCNc1ncnc2c1cnn2CCNC(=O)CSCc1ccccc1. The lowest BCUT2D eigenvalue weighted by atomic mass is 10.2. The Morgan fingerprint density at radius 1 is 1.21 bits per heavy atom. The van der Waals surface area contributed by atoms with Crippen LogP contribution in [0.25, 0.3) is 11.0 Å². The highest BCUT2D eigenvalue weighted by Crippen LogP contribution is 2.18. The van der Waals surface area contributed by atoms with Gasteiger partial charge in [-0.15, -0.1) is 11.8 Å². The Labute approximate surface area is 168 Å². The molecule has 3 rings (SSSR count). The van der Waals surface area contributed by atoms with Crippen LogP contribution in [-0.2, 0) is 21.8 Å². The third-order valence-corrected chi connectivity index (χ3v) is 5.03. The monoisotopic (exact) mass is 400 g/mol. The summed E-state index contributed by atoms with van der Waals surface area (Å²) in [7, 11) is 1.66. The van der Waals surface area contributed by atoms with E-state index in [9.17, 15) is 4.79 Å². The molecule has 148 valence electrons. The molecule has 3 aromatic rings. The minimum Gasteiger partial charge on any atom is -0.383 e. The van der Waals surface area contributed by atoms with E-state index in [1.165, 1.54) is 11.9 Å². The first-order chi connectivity index (χ1) is 13.8. The van der Waals surface area contributed by atoms with Crippen LogP contribution >= 0.6 is 11.8 Å². The summed E-state index contributed by atoms with van der Waals surface area (Å²) >= 11 is 1.60. The Morgan fingerprint density at radius 3 is 2.89 bits per heavy atom. The molecule has 0 aliphatic carbocycles. The summed E-state index contributed by atoms with van der Waals surface area (Å²) in [6, 6.07) is 10.1. The van der Waals surface area contributed by atoms with Gasteiger partial charge in [0.05, 0.1) is 30.5 Å². The van der Waals surface area contributed by atoms with Gasteiger partial charge in [0.2, 0.25) is 5.91 Å². The minimum atomic E-state index is 0.0222. The summed E-state index contributed by atoms with van der Waals surface area (Å²) in [4.78, 5) is 20.6. The van der Waals surface area contributed by atoms with Crippen molar-refractivity contribution >= 4 is 34.5 Å². The number of nitrogens with zero attached hydrogens (tertiary/aromatic N) is 4. The number of amides is 1. The van der Waals surface area contributed by atoms with E-state index in [0.717, 1.165) is 22.6 Å². The van der Waals surface area contributed by atoms with Crippen molar-refractivity contribution in [3.05, 3.63) is 48.4 Å². The van der Waals surface area contributed by atoms with Gasteiger partial charge in [0, 0.05) is 26.0 Å². The summed E-state index contributed by atoms with van der Waals surface area (Å²) in [5, 5.41) is 11.4. The maximum Gasteiger partial charge on any atom is 0.230 e. The number of thioether (sulfide) groups is 1. The van der Waals surface area contributed by atoms with Gasteiger partial charge in [-0.2, -0.15) is 5.10 Å². The normalized spacial score (nSPS) is 10.9. The number of ether oxygens (including phenoxy) is 1. The Balaban J connectivity index is 1.44. The van der Waals surface area contributed by atoms with Crippen LogP contribution in [0.15, 0.2) is 42.9 Å². The number of aromatic nitrogens is 4. The van der Waals surface area contributed by atoms with E-state index in [1.54, 1.807) is 29.8 Å². The van der Waals surface area contributed by atoms with E-state index in [0.29, 0.717) is 32.0 Å². The predicted molar refractivity (Wildman–Crippen MR) is 111 cm³/mol. The molecule has 0 saturated carbocycles. The molecule has 0 saturated heterocycles. The summed E-state index contributed by atoms with van der Waals surface area (Å²) in [6.07, 6.45) is 3.25. The number of nitrogens with one attached hydrogen (secondary N) is 2. The van der Waals surface area contributed by atoms with Crippen molar-refractivity contribution in [2.75, 3.05) is 37.9 Å². The lowest BCUT2D eigenvalue weighted by Gasteiger charge is -2.07. The van der Waals surface area contributed by atoms with E-state index in [2.05, 4.69) is 37.8 Å². The Bertz CT molecular complexity index is 887. The Morgan fingerprint density at radius 2 is 2.07 bits per heavy atom. The molecule has 2 heterocycles. The average molecular weight is 401 g/mol. The van der Waals surface area contributed by atoms with E-state index in [1.807, 2.05) is 18.2 Å². The highest BCUT2D eigenvalue weighted by atomic mass is 32.2. The van der Waals surface area contributed by atoms with Gasteiger partial charge in [0.15, 0.2) is 5.65 Å². The molecule has 0 aliphatic heterocycles. The average Bonchev–Trinajstić information content (AvgIpc) is 3.13. The van der Waals surface area contributed by atoms with Crippen LogP contribution in [0.2, 0.25) is 0 Å². The molecule has 28 heavy (non-hydrogen) atoms. The third kappa shape index (κ3) is 5.67. The van der Waals surface area contributed by atoms with E-state index in [-0.39, 0.29) is 5.91 Å². The van der Waals surface area contributed by atoms with Crippen molar-refractivity contribution in [3.63, 3.8) is 0 Å². The van der Waals surface area contributed by atoms with Crippen molar-refractivity contribution in [2.24, 2.45) is 0 Å². The molecule has 0 spiro atoms. The molecule has 0 aliphatic rings. The Hall–Kier alpha value is -2.65. The van der Waals surface area contributed by atoms with Crippen LogP contribution in [0, 0.1) is 0 Å². The maximum atomic E-state index is 12.0. The molecule has 0 fully saturated rings. The first kappa shape index (κ1) is 20.1. The topological polar surface area (TPSA) is 94.0 Å². The number of rotatable bonds is 11. The van der Waals surface area contributed by atoms with Crippen LogP contribution in [0.5, 0.6) is 0 Å². The fraction of sp³-hybridized carbons (Fsp3) is 0.368. The van der Waals surface area contributed by atoms with Crippen molar-refractivity contribution in [1.29, 1.82) is 0 Å². The second-order valence-corrected chi connectivity index (χ2v) is 7.06. The fourth-order valence-electron chi connectivity index (χ4n) is 2.66. The zero-order chi connectivity index (χ0) is 19.6. The highest BCUT2D eigenvalue weighted by molar-refractivity contribution is 7.99. The van der Waals surface area contributed by atoms with Gasteiger partial charge >= 0.3 is 0 Å². The van der Waals surface area contributed by atoms with Crippen molar-refractivity contribution in [1.82, 2.24) is 25.1 Å². The van der Waals surface area contributed by atoms with E-state index >= 15 is 0 Å². The van der Waals surface area contributed by atoms with Crippen LogP contribution < -0.4 is 10.6 Å². The van der Waals surface area contributed by atoms with Gasteiger partial charge in [0.1, 0.15) is 12.1 Å². The zero-order valence-corrected chi connectivity index (χ0v) is 16.6. The molecule has 2 aromatic heterocycles. The van der Waals surface area contributed by atoms with Gasteiger partial charge in [-0.1, -0.05) is 30.3 Å². The number of hydrogen-bond acceptors (Lipinski definition) is 7. The van der Waals surface area contributed by atoms with Gasteiger partial charge < -0.3 is 15.4 Å². The Kier molecular flexibility index (Phi) is 7.62. The number of anilines is 1. The standard InChI is InChI=1S/C19H24N6O2S/c1-27-10-8-21-18-16-11-24-25(19(16)23-14-22-18)9-7-20-17(26)13-28-12-15-5-3-2-4-6-15/h2-6,11,14H,7-10,12-13H2,1H3,(H,20,26)(H,21,22,23). The first-order valence-electron chi connectivity index (χ1n) is 9.05. The quantitative estimate of drug-likeness (QED) is 0.475. The molecule has 1 aromatic carbocycles. The molecular weight excluding hydrogens is 376 g/mol. The van der Waals surface area contributed by atoms with Crippen LogP contribution in [0.3, 0.4) is 0 Å². The number of carbonyl (C=O) groups excluding carboxylic acids is 1. The van der Waals surface area contributed by atoms with E-state index < -0.39 is 0 Å². The van der Waals surface area contributed by atoms with Gasteiger partial charge in [0.25, 0.3) is 0 Å². The second-order valence-electron chi connectivity index (χ2n) is 6.08. The molecule has 8 nitrogen and oxygen atoms in total. The zero-order valence-electron chi connectivity index (χ0n) is 15.8. The lowest BCUT2D eigenvalue weighted by Crippen LogP contribution is -2.29. The van der Waals surface area contributed by atoms with Crippen LogP contribution in [0.1, 0.15) is 5.56 Å². The van der Waals surface area contributed by atoms with Gasteiger partial charge in [-0.3, -0.25) is 4.79 Å². The summed E-state index contributed by atoms with van der Waals surface area (Å²) in [5.74, 6) is 2.02. The molecule has 0 unspecified atom stereocenters. The van der Waals surface area contributed by atoms with Gasteiger partial charge in [-0.25, -0.2) is 14.6 Å². The number of carbonyl (C=O) groups is 1. The molecule has 0 radical (unpaired) electrons. The lowest BCUT2D eigenvalue weighted by molar-refractivity contribution is -0.118. The smallest absolute Gasteiger partial charge is 0.230 e. The molecule has 9 heteroatoms. The number of methoxy groups -OCH3 is 1. The van der Waals surface area contributed by atoms with Gasteiger partial charge in [-0.05, 0) is 5.56 Å². The minimum absolute atomic E-state index is 0.0222. The van der Waals surface area contributed by atoms with E-state index in [4.69, 9.17) is 4.74 Å². The summed E-state index contributed by atoms with van der Waals surface area (Å²) in [6.45, 7) is 2.30. The van der Waals surface area contributed by atoms with Crippen molar-refractivity contribution in [2.45, 2.75) is 12.3 Å². The number of hydrogen-bond donors (Lipinski definition) is 2. The highest BCUT2D eigenvalue weighted by Gasteiger charge is 2.10. The largest absolute Gasteiger partial charge is 0.383 e. The first-order valence-corrected chi connectivity index (χ1v) is 10.2. The third-order valence-electron chi connectivity index (χ3n) is 4.02. The van der Waals surface area contributed by atoms with Crippen molar-refractivity contribution in [3.8, 4) is 0 Å². The van der Waals surface area contributed by atoms with Crippen molar-refractivity contribution < 1.29 is 9.53 Å². The number of fused-ring (bicyclic) bond motifs is 1. The fourth-order valence-corrected chi connectivity index (χ4v) is 3.47. The number of benzene rings is 1.